The van der Waals surface area contributed by atoms with Crippen LogP contribution in [0.2, 0.25) is 0 Å². The molecule has 25 heavy (non-hydrogen) atoms. The van der Waals surface area contributed by atoms with Gasteiger partial charge in [0, 0.05) is 31.5 Å². The molecule has 1 fully saturated rings. The van der Waals surface area contributed by atoms with Crippen LogP contribution in [0.15, 0.2) is 36.7 Å². The Hall–Kier alpha value is -3.21. The normalized spacial score (nSPS) is 14.8. The number of hydrogen-bond donors (Lipinski definition) is 0. The molecular formula is C17H17N5O3. The van der Waals surface area contributed by atoms with Crippen LogP contribution < -0.4 is 9.64 Å². The third kappa shape index (κ3) is 3.83. The van der Waals surface area contributed by atoms with E-state index in [-0.39, 0.29) is 17.1 Å². The lowest BCUT2D eigenvalue weighted by Crippen LogP contribution is -2.36. The minimum Gasteiger partial charge on any atom is -0.477 e. The molecule has 0 spiro atoms. The van der Waals surface area contributed by atoms with Gasteiger partial charge in [-0.3, -0.25) is 10.1 Å². The van der Waals surface area contributed by atoms with Gasteiger partial charge in [-0.15, -0.1) is 0 Å². The van der Waals surface area contributed by atoms with Gasteiger partial charge in [0.2, 0.25) is 11.7 Å². The number of aromatic nitrogens is 2. The number of hydrogen-bond acceptors (Lipinski definition) is 7. The van der Waals surface area contributed by atoms with Crippen LogP contribution in [0.4, 0.5) is 11.5 Å². The molecule has 8 heteroatoms. The van der Waals surface area contributed by atoms with E-state index in [4.69, 9.17) is 10.00 Å². The fourth-order valence-corrected chi connectivity index (χ4v) is 2.89. The topological polar surface area (TPSA) is 105 Å². The monoisotopic (exact) mass is 339 g/mol. The van der Waals surface area contributed by atoms with Gasteiger partial charge < -0.3 is 9.64 Å². The van der Waals surface area contributed by atoms with Crippen molar-refractivity contribution in [1.82, 2.24) is 9.97 Å². The van der Waals surface area contributed by atoms with Crippen molar-refractivity contribution >= 4 is 11.5 Å². The molecule has 0 amide bonds. The second kappa shape index (κ2) is 7.57. The van der Waals surface area contributed by atoms with Gasteiger partial charge in [-0.25, -0.2) is 9.97 Å². The first kappa shape index (κ1) is 16.6. The van der Waals surface area contributed by atoms with Crippen molar-refractivity contribution in [2.45, 2.75) is 12.8 Å². The summed E-state index contributed by atoms with van der Waals surface area (Å²) in [5, 5.41) is 20.4. The van der Waals surface area contributed by atoms with Crippen molar-refractivity contribution < 1.29 is 9.66 Å². The fraction of sp³-hybridized carbons (Fsp3) is 0.353. The molecule has 3 heterocycles. The van der Waals surface area contributed by atoms with Gasteiger partial charge in [0.25, 0.3) is 0 Å². The van der Waals surface area contributed by atoms with Crippen LogP contribution in [0.25, 0.3) is 0 Å². The molecule has 0 aromatic carbocycles. The van der Waals surface area contributed by atoms with Crippen molar-refractivity contribution in [3.05, 3.63) is 52.3 Å². The van der Waals surface area contributed by atoms with Gasteiger partial charge in [-0.1, -0.05) is 6.07 Å². The Morgan fingerprint density at radius 2 is 2.08 bits per heavy atom. The number of pyridine rings is 2. The highest BCUT2D eigenvalue weighted by Gasteiger charge is 2.29. The van der Waals surface area contributed by atoms with E-state index in [9.17, 15) is 10.1 Å². The molecule has 8 nitrogen and oxygen atoms in total. The van der Waals surface area contributed by atoms with Crippen molar-refractivity contribution in [1.29, 1.82) is 5.26 Å². The summed E-state index contributed by atoms with van der Waals surface area (Å²) in [5.74, 6) is 1.23. The Morgan fingerprint density at radius 1 is 1.28 bits per heavy atom. The molecule has 0 saturated carbocycles. The number of nitro groups is 1. The van der Waals surface area contributed by atoms with Gasteiger partial charge in [0.05, 0.1) is 11.5 Å². The van der Waals surface area contributed by atoms with E-state index >= 15 is 0 Å². The molecule has 2 aromatic rings. The lowest BCUT2D eigenvalue weighted by molar-refractivity contribution is -0.384. The first-order valence-corrected chi connectivity index (χ1v) is 8.01. The highest BCUT2D eigenvalue weighted by atomic mass is 16.6. The molecule has 0 bridgehead atoms. The summed E-state index contributed by atoms with van der Waals surface area (Å²) in [6.07, 6.45) is 4.80. The van der Waals surface area contributed by atoms with Crippen LogP contribution in [-0.4, -0.2) is 34.6 Å². The van der Waals surface area contributed by atoms with Crippen LogP contribution >= 0.6 is 0 Å². The SMILES string of the molecule is N#Cc1ccnc(N2CCC(COc3ccccn3)CC2)c1[N+](=O)[O-]. The summed E-state index contributed by atoms with van der Waals surface area (Å²) >= 11 is 0. The zero-order chi connectivity index (χ0) is 17.6. The third-order valence-electron chi connectivity index (χ3n) is 4.23. The summed E-state index contributed by atoms with van der Waals surface area (Å²) in [7, 11) is 0. The van der Waals surface area contributed by atoms with E-state index < -0.39 is 4.92 Å². The van der Waals surface area contributed by atoms with E-state index in [1.807, 2.05) is 29.2 Å². The molecule has 2 aromatic heterocycles. The van der Waals surface area contributed by atoms with E-state index in [1.54, 1.807) is 6.20 Å². The zero-order valence-electron chi connectivity index (χ0n) is 13.5. The molecule has 0 unspecified atom stereocenters. The van der Waals surface area contributed by atoms with Crippen LogP contribution in [-0.2, 0) is 0 Å². The van der Waals surface area contributed by atoms with Crippen molar-refractivity contribution in [3.63, 3.8) is 0 Å². The van der Waals surface area contributed by atoms with Crippen LogP contribution in [0.3, 0.4) is 0 Å². The predicted octanol–water partition coefficient (Wildman–Crippen LogP) is 2.55. The standard InChI is InChI=1S/C17H17N5O3/c18-11-14-4-8-20-17(16(14)22(23)24)21-9-5-13(6-10-21)12-25-15-3-1-2-7-19-15/h1-4,7-8,13H,5-6,9-10,12H2. The smallest absolute Gasteiger partial charge is 0.329 e. The van der Waals surface area contributed by atoms with Crippen LogP contribution in [0, 0.1) is 27.4 Å². The average Bonchev–Trinajstić information content (AvgIpc) is 2.67. The first-order valence-electron chi connectivity index (χ1n) is 8.01. The van der Waals surface area contributed by atoms with E-state index in [0.29, 0.717) is 31.5 Å². The van der Waals surface area contributed by atoms with Gasteiger partial charge in [-0.05, 0) is 30.9 Å². The average molecular weight is 339 g/mol. The highest BCUT2D eigenvalue weighted by molar-refractivity contribution is 5.65. The van der Waals surface area contributed by atoms with Gasteiger partial charge in [-0.2, -0.15) is 5.26 Å². The maximum absolute atomic E-state index is 11.3. The Kier molecular flexibility index (Phi) is 5.04. The lowest BCUT2D eigenvalue weighted by Gasteiger charge is -2.32. The van der Waals surface area contributed by atoms with Gasteiger partial charge in [0.1, 0.15) is 11.6 Å². The molecule has 1 saturated heterocycles. The van der Waals surface area contributed by atoms with E-state index in [1.165, 1.54) is 12.3 Å². The van der Waals surface area contributed by atoms with Crippen molar-refractivity contribution in [2.75, 3.05) is 24.6 Å². The predicted molar refractivity (Wildman–Crippen MR) is 90.3 cm³/mol. The number of piperidine rings is 1. The Labute approximate surface area is 144 Å². The molecule has 0 radical (unpaired) electrons. The van der Waals surface area contributed by atoms with Gasteiger partial charge in [0.15, 0.2) is 0 Å². The molecule has 3 rings (SSSR count). The van der Waals surface area contributed by atoms with Crippen molar-refractivity contribution in [3.8, 4) is 11.9 Å². The Balaban J connectivity index is 1.63. The molecule has 128 valence electrons. The Morgan fingerprint density at radius 3 is 2.72 bits per heavy atom. The van der Waals surface area contributed by atoms with Gasteiger partial charge >= 0.3 is 5.69 Å². The van der Waals surface area contributed by atoms with Crippen LogP contribution in [0.1, 0.15) is 18.4 Å². The van der Waals surface area contributed by atoms with E-state index in [2.05, 4.69) is 9.97 Å². The molecular weight excluding hydrogens is 322 g/mol. The largest absolute Gasteiger partial charge is 0.477 e. The second-order valence-electron chi connectivity index (χ2n) is 5.81. The fourth-order valence-electron chi connectivity index (χ4n) is 2.89. The first-order chi connectivity index (χ1) is 12.2. The van der Waals surface area contributed by atoms with Crippen LogP contribution in [0.5, 0.6) is 5.88 Å². The molecule has 1 aliphatic rings. The number of ether oxygens (including phenoxy) is 1. The molecule has 0 aliphatic carbocycles. The number of nitrogens with zero attached hydrogens (tertiary/aromatic N) is 5. The maximum Gasteiger partial charge on any atom is 0.329 e. The minimum atomic E-state index is -0.531. The quantitative estimate of drug-likeness (QED) is 0.609. The maximum atomic E-state index is 11.3. The summed E-state index contributed by atoms with van der Waals surface area (Å²) in [4.78, 5) is 20.9. The number of nitriles is 1. The summed E-state index contributed by atoms with van der Waals surface area (Å²) in [6.45, 7) is 1.84. The highest BCUT2D eigenvalue weighted by Crippen LogP contribution is 2.32. The summed E-state index contributed by atoms with van der Waals surface area (Å²) in [6, 6.07) is 8.76. The lowest BCUT2D eigenvalue weighted by atomic mass is 9.97. The molecule has 1 aliphatic heterocycles. The third-order valence-corrected chi connectivity index (χ3v) is 4.23. The minimum absolute atomic E-state index is 0.0376. The summed E-state index contributed by atoms with van der Waals surface area (Å²) in [5.41, 5.74) is -0.177. The molecule has 0 N–H and O–H groups in total. The number of anilines is 1. The zero-order valence-corrected chi connectivity index (χ0v) is 13.5. The Bertz CT molecular complexity index is 783. The second-order valence-corrected chi connectivity index (χ2v) is 5.81. The van der Waals surface area contributed by atoms with Crippen molar-refractivity contribution in [2.24, 2.45) is 5.92 Å². The number of rotatable bonds is 5. The molecule has 0 atom stereocenters. The summed E-state index contributed by atoms with van der Waals surface area (Å²) < 4.78 is 5.69. The van der Waals surface area contributed by atoms with E-state index in [0.717, 1.165) is 12.8 Å².